The van der Waals surface area contributed by atoms with Gasteiger partial charge < -0.3 is 5.11 Å². The molecule has 2 rings (SSSR count). The van der Waals surface area contributed by atoms with E-state index in [4.69, 9.17) is 0 Å². The number of aliphatic hydroxyl groups is 1. The van der Waals surface area contributed by atoms with E-state index in [1.165, 1.54) is 36.8 Å². The highest BCUT2D eigenvalue weighted by atomic mass is 16.3. The Labute approximate surface area is 111 Å². The molecule has 1 aliphatic rings. The lowest BCUT2D eigenvalue weighted by molar-refractivity contribution is 0.0720. The molecule has 1 N–H and O–H groups in total. The SMILES string of the molecule is CCc1ccc(CC(O)C2CCCC(C)C2)cc1. The summed E-state index contributed by atoms with van der Waals surface area (Å²) < 4.78 is 0. The Morgan fingerprint density at radius 1 is 1.17 bits per heavy atom. The van der Waals surface area contributed by atoms with Crippen molar-refractivity contribution in [3.05, 3.63) is 35.4 Å². The molecule has 100 valence electrons. The predicted octanol–water partition coefficient (Wildman–Crippen LogP) is 3.98. The maximum Gasteiger partial charge on any atom is 0.0608 e. The van der Waals surface area contributed by atoms with E-state index in [1.54, 1.807) is 0 Å². The van der Waals surface area contributed by atoms with Gasteiger partial charge in [-0.1, -0.05) is 51.0 Å². The molecule has 0 heterocycles. The average Bonchev–Trinajstić information content (AvgIpc) is 2.39. The van der Waals surface area contributed by atoms with Gasteiger partial charge in [-0.3, -0.25) is 0 Å². The first-order chi connectivity index (χ1) is 8.69. The van der Waals surface area contributed by atoms with Gasteiger partial charge in [-0.15, -0.1) is 0 Å². The van der Waals surface area contributed by atoms with Crippen molar-refractivity contribution in [2.24, 2.45) is 11.8 Å². The zero-order chi connectivity index (χ0) is 13.0. The smallest absolute Gasteiger partial charge is 0.0608 e. The Morgan fingerprint density at radius 3 is 2.44 bits per heavy atom. The normalized spacial score (nSPS) is 25.9. The Morgan fingerprint density at radius 2 is 1.83 bits per heavy atom. The van der Waals surface area contributed by atoms with Crippen molar-refractivity contribution in [2.45, 2.75) is 58.5 Å². The lowest BCUT2D eigenvalue weighted by atomic mass is 9.78. The number of benzene rings is 1. The molecule has 0 aromatic heterocycles. The van der Waals surface area contributed by atoms with Crippen LogP contribution in [-0.4, -0.2) is 11.2 Å². The van der Waals surface area contributed by atoms with Gasteiger partial charge >= 0.3 is 0 Å². The quantitative estimate of drug-likeness (QED) is 0.852. The van der Waals surface area contributed by atoms with E-state index < -0.39 is 0 Å². The second-order valence-corrected chi connectivity index (χ2v) is 5.97. The van der Waals surface area contributed by atoms with E-state index >= 15 is 0 Å². The van der Waals surface area contributed by atoms with Crippen LogP contribution >= 0.6 is 0 Å². The molecule has 1 aromatic rings. The second-order valence-electron chi connectivity index (χ2n) is 5.97. The van der Waals surface area contributed by atoms with Gasteiger partial charge in [0.2, 0.25) is 0 Å². The maximum absolute atomic E-state index is 10.4. The highest BCUT2D eigenvalue weighted by molar-refractivity contribution is 5.23. The summed E-state index contributed by atoms with van der Waals surface area (Å²) in [6.45, 7) is 4.49. The van der Waals surface area contributed by atoms with E-state index in [0.717, 1.165) is 18.8 Å². The van der Waals surface area contributed by atoms with Gasteiger partial charge in [-0.2, -0.15) is 0 Å². The van der Waals surface area contributed by atoms with Gasteiger partial charge in [0.05, 0.1) is 6.10 Å². The van der Waals surface area contributed by atoms with E-state index in [2.05, 4.69) is 38.1 Å². The zero-order valence-electron chi connectivity index (χ0n) is 11.7. The molecule has 1 nitrogen and oxygen atoms in total. The van der Waals surface area contributed by atoms with Crippen molar-refractivity contribution < 1.29 is 5.11 Å². The van der Waals surface area contributed by atoms with Crippen LogP contribution in [0.4, 0.5) is 0 Å². The van der Waals surface area contributed by atoms with Crippen molar-refractivity contribution in [1.29, 1.82) is 0 Å². The van der Waals surface area contributed by atoms with E-state index in [9.17, 15) is 5.11 Å². The minimum absolute atomic E-state index is 0.153. The largest absolute Gasteiger partial charge is 0.392 e. The number of hydrogen-bond acceptors (Lipinski definition) is 1. The van der Waals surface area contributed by atoms with Crippen LogP contribution in [-0.2, 0) is 12.8 Å². The van der Waals surface area contributed by atoms with Gasteiger partial charge in [-0.25, -0.2) is 0 Å². The Kier molecular flexibility index (Phi) is 4.82. The number of rotatable bonds is 4. The zero-order valence-corrected chi connectivity index (χ0v) is 11.7. The molecule has 3 atom stereocenters. The number of aliphatic hydroxyl groups excluding tert-OH is 1. The Hall–Kier alpha value is -0.820. The first kappa shape index (κ1) is 13.6. The van der Waals surface area contributed by atoms with Crippen LogP contribution in [0.1, 0.15) is 50.7 Å². The summed E-state index contributed by atoms with van der Waals surface area (Å²) in [6.07, 6.45) is 6.80. The molecule has 1 aliphatic carbocycles. The van der Waals surface area contributed by atoms with Crippen molar-refractivity contribution in [1.82, 2.24) is 0 Å². The third kappa shape index (κ3) is 3.58. The lowest BCUT2D eigenvalue weighted by Crippen LogP contribution is -2.27. The summed E-state index contributed by atoms with van der Waals surface area (Å²) in [6, 6.07) is 8.72. The monoisotopic (exact) mass is 246 g/mol. The van der Waals surface area contributed by atoms with Crippen LogP contribution in [0.2, 0.25) is 0 Å². The van der Waals surface area contributed by atoms with Crippen molar-refractivity contribution in [2.75, 3.05) is 0 Å². The fourth-order valence-corrected chi connectivity index (χ4v) is 3.15. The van der Waals surface area contributed by atoms with Crippen LogP contribution in [0.5, 0.6) is 0 Å². The molecule has 0 spiro atoms. The van der Waals surface area contributed by atoms with Gasteiger partial charge in [-0.05, 0) is 48.6 Å². The molecular weight excluding hydrogens is 220 g/mol. The third-order valence-corrected chi connectivity index (χ3v) is 4.40. The minimum atomic E-state index is -0.153. The van der Waals surface area contributed by atoms with Crippen LogP contribution in [0, 0.1) is 11.8 Å². The molecular formula is C17H26O. The molecule has 18 heavy (non-hydrogen) atoms. The molecule has 0 radical (unpaired) electrons. The Bertz CT molecular complexity index is 354. The standard InChI is InChI=1S/C17H26O/c1-3-14-7-9-15(10-8-14)12-17(18)16-6-4-5-13(2)11-16/h7-10,13,16-18H,3-6,11-12H2,1-2H3. The fraction of sp³-hybridized carbons (Fsp3) is 0.647. The van der Waals surface area contributed by atoms with Gasteiger partial charge in [0.1, 0.15) is 0 Å². The second kappa shape index (κ2) is 6.38. The fourth-order valence-electron chi connectivity index (χ4n) is 3.15. The van der Waals surface area contributed by atoms with E-state index in [1.807, 2.05) is 0 Å². The summed E-state index contributed by atoms with van der Waals surface area (Å²) in [5.41, 5.74) is 2.65. The lowest BCUT2D eigenvalue weighted by Gasteiger charge is -2.30. The average molecular weight is 246 g/mol. The summed E-state index contributed by atoms with van der Waals surface area (Å²) in [7, 11) is 0. The highest BCUT2D eigenvalue weighted by Gasteiger charge is 2.25. The molecule has 1 saturated carbocycles. The molecule has 1 aromatic carbocycles. The number of hydrogen-bond donors (Lipinski definition) is 1. The van der Waals surface area contributed by atoms with Crippen LogP contribution in [0.3, 0.4) is 0 Å². The summed E-state index contributed by atoms with van der Waals surface area (Å²) >= 11 is 0. The van der Waals surface area contributed by atoms with Gasteiger partial charge in [0, 0.05) is 0 Å². The summed E-state index contributed by atoms with van der Waals surface area (Å²) in [4.78, 5) is 0. The molecule has 0 amide bonds. The van der Waals surface area contributed by atoms with E-state index in [-0.39, 0.29) is 6.10 Å². The topological polar surface area (TPSA) is 20.2 Å². The first-order valence-corrected chi connectivity index (χ1v) is 7.45. The van der Waals surface area contributed by atoms with Crippen molar-refractivity contribution in [3.8, 4) is 0 Å². The summed E-state index contributed by atoms with van der Waals surface area (Å²) in [5.74, 6) is 1.31. The Balaban J connectivity index is 1.91. The van der Waals surface area contributed by atoms with Crippen molar-refractivity contribution in [3.63, 3.8) is 0 Å². The molecule has 0 bridgehead atoms. The maximum atomic E-state index is 10.4. The van der Waals surface area contributed by atoms with Crippen LogP contribution in [0.25, 0.3) is 0 Å². The van der Waals surface area contributed by atoms with Gasteiger partial charge in [0.25, 0.3) is 0 Å². The predicted molar refractivity (Wildman–Crippen MR) is 76.7 cm³/mol. The molecule has 1 heteroatoms. The number of aryl methyl sites for hydroxylation is 1. The third-order valence-electron chi connectivity index (χ3n) is 4.40. The van der Waals surface area contributed by atoms with Crippen LogP contribution < -0.4 is 0 Å². The summed E-state index contributed by atoms with van der Waals surface area (Å²) in [5, 5.41) is 10.4. The highest BCUT2D eigenvalue weighted by Crippen LogP contribution is 2.31. The van der Waals surface area contributed by atoms with Crippen molar-refractivity contribution >= 4 is 0 Å². The molecule has 1 fully saturated rings. The van der Waals surface area contributed by atoms with E-state index in [0.29, 0.717) is 5.92 Å². The van der Waals surface area contributed by atoms with Gasteiger partial charge in [0.15, 0.2) is 0 Å². The van der Waals surface area contributed by atoms with Crippen LogP contribution in [0.15, 0.2) is 24.3 Å². The molecule has 3 unspecified atom stereocenters. The first-order valence-electron chi connectivity index (χ1n) is 7.45. The minimum Gasteiger partial charge on any atom is -0.392 e. The molecule has 0 aliphatic heterocycles. The molecule has 0 saturated heterocycles.